The lowest BCUT2D eigenvalue weighted by Gasteiger charge is -2.11. The first-order valence-corrected chi connectivity index (χ1v) is 8.38. The van der Waals surface area contributed by atoms with Gasteiger partial charge >= 0.3 is 0 Å². The molecule has 0 fully saturated rings. The molecular formula is C15H18N2O5S. The molecule has 3 N–H and O–H groups in total. The van der Waals surface area contributed by atoms with E-state index in [2.05, 4.69) is 10.0 Å². The molecule has 8 heteroatoms. The van der Waals surface area contributed by atoms with Crippen molar-refractivity contribution in [3.8, 4) is 0 Å². The van der Waals surface area contributed by atoms with Gasteiger partial charge in [0.1, 0.15) is 0 Å². The molecule has 0 radical (unpaired) electrons. The molecule has 0 aliphatic heterocycles. The lowest BCUT2D eigenvalue weighted by molar-refractivity contribution is 0.0884. The second kappa shape index (κ2) is 6.95. The number of benzene rings is 1. The first-order valence-electron chi connectivity index (χ1n) is 6.89. The van der Waals surface area contributed by atoms with Gasteiger partial charge in [-0.2, -0.15) is 0 Å². The van der Waals surface area contributed by atoms with Gasteiger partial charge in [0.15, 0.2) is 5.76 Å². The molecule has 1 aromatic carbocycles. The number of aliphatic hydroxyl groups excluding tert-OH is 1. The molecule has 1 amide bonds. The van der Waals surface area contributed by atoms with Crippen molar-refractivity contribution >= 4 is 15.9 Å². The first-order chi connectivity index (χ1) is 10.8. The number of nitrogens with one attached hydrogen (secondary N) is 2. The molecule has 2 aromatic rings. The van der Waals surface area contributed by atoms with Gasteiger partial charge < -0.3 is 14.8 Å². The summed E-state index contributed by atoms with van der Waals surface area (Å²) in [5, 5.41) is 12.2. The summed E-state index contributed by atoms with van der Waals surface area (Å²) in [5.41, 5.74) is 1.74. The zero-order valence-corrected chi connectivity index (χ0v) is 13.6. The van der Waals surface area contributed by atoms with Crippen molar-refractivity contribution in [2.45, 2.75) is 18.1 Å². The van der Waals surface area contributed by atoms with Crippen LogP contribution in [0.25, 0.3) is 0 Å². The molecule has 0 saturated heterocycles. The summed E-state index contributed by atoms with van der Waals surface area (Å²) in [7, 11) is -2.49. The van der Waals surface area contributed by atoms with Crippen molar-refractivity contribution in [1.82, 2.24) is 10.0 Å². The van der Waals surface area contributed by atoms with Crippen LogP contribution in [-0.2, 0) is 10.0 Å². The van der Waals surface area contributed by atoms with Gasteiger partial charge in [-0.05, 0) is 31.7 Å². The van der Waals surface area contributed by atoms with E-state index in [0.717, 1.165) is 5.56 Å². The van der Waals surface area contributed by atoms with Crippen molar-refractivity contribution in [3.05, 3.63) is 53.3 Å². The third-order valence-electron chi connectivity index (χ3n) is 3.26. The van der Waals surface area contributed by atoms with E-state index in [1.807, 2.05) is 19.1 Å². The van der Waals surface area contributed by atoms with Gasteiger partial charge in [-0.3, -0.25) is 4.79 Å². The first kappa shape index (κ1) is 17.2. The van der Waals surface area contributed by atoms with Gasteiger partial charge in [0.2, 0.25) is 5.09 Å². The van der Waals surface area contributed by atoms with Crippen LogP contribution in [0.3, 0.4) is 0 Å². The molecule has 2 rings (SSSR count). The highest BCUT2D eigenvalue weighted by Crippen LogP contribution is 2.15. The molecule has 1 heterocycles. The zero-order chi connectivity index (χ0) is 17.0. The second-order valence-electron chi connectivity index (χ2n) is 4.96. The van der Waals surface area contributed by atoms with Crippen LogP contribution in [0.15, 0.2) is 45.9 Å². The summed E-state index contributed by atoms with van der Waals surface area (Å²) in [6.07, 6.45) is -0.866. The van der Waals surface area contributed by atoms with Gasteiger partial charge in [0.05, 0.1) is 6.10 Å². The Labute approximate surface area is 134 Å². The van der Waals surface area contributed by atoms with Crippen LogP contribution in [0.4, 0.5) is 0 Å². The smallest absolute Gasteiger partial charge is 0.287 e. The number of sulfonamides is 1. The SMILES string of the molecule is CNS(=O)(=O)c1ccc(C(=O)NC[C@H](O)c2ccc(C)cc2)o1. The number of furan rings is 1. The van der Waals surface area contributed by atoms with E-state index < -0.39 is 22.0 Å². The predicted octanol–water partition coefficient (Wildman–Crippen LogP) is 0.960. The van der Waals surface area contributed by atoms with E-state index in [0.29, 0.717) is 5.56 Å². The Kier molecular flexibility index (Phi) is 5.19. The Morgan fingerprint density at radius 3 is 2.48 bits per heavy atom. The van der Waals surface area contributed by atoms with Crippen LogP contribution in [0, 0.1) is 6.92 Å². The summed E-state index contributed by atoms with van der Waals surface area (Å²) in [6.45, 7) is 1.92. The lowest BCUT2D eigenvalue weighted by Crippen LogP contribution is -2.28. The monoisotopic (exact) mass is 338 g/mol. The van der Waals surface area contributed by atoms with Crippen molar-refractivity contribution in [2.75, 3.05) is 13.6 Å². The van der Waals surface area contributed by atoms with E-state index in [-0.39, 0.29) is 17.4 Å². The molecular weight excluding hydrogens is 320 g/mol. The van der Waals surface area contributed by atoms with Gasteiger partial charge in [-0.25, -0.2) is 13.1 Å². The highest BCUT2D eigenvalue weighted by molar-refractivity contribution is 7.89. The Morgan fingerprint density at radius 1 is 1.22 bits per heavy atom. The van der Waals surface area contributed by atoms with E-state index in [4.69, 9.17) is 4.42 Å². The molecule has 0 aliphatic carbocycles. The summed E-state index contributed by atoms with van der Waals surface area (Å²) in [4.78, 5) is 11.9. The van der Waals surface area contributed by atoms with Crippen LogP contribution in [0.1, 0.15) is 27.8 Å². The van der Waals surface area contributed by atoms with Gasteiger partial charge in [-0.15, -0.1) is 0 Å². The Morgan fingerprint density at radius 2 is 1.87 bits per heavy atom. The maximum atomic E-state index is 11.9. The fraction of sp³-hybridized carbons (Fsp3) is 0.267. The fourth-order valence-corrected chi connectivity index (χ4v) is 2.52. The summed E-state index contributed by atoms with van der Waals surface area (Å²) in [6, 6.07) is 9.73. The second-order valence-corrected chi connectivity index (χ2v) is 6.78. The molecule has 0 aliphatic rings. The van der Waals surface area contributed by atoms with Crippen LogP contribution in [0.2, 0.25) is 0 Å². The Bertz CT molecular complexity index is 780. The molecule has 0 bridgehead atoms. The molecule has 7 nitrogen and oxygen atoms in total. The minimum atomic E-state index is -3.74. The Balaban J connectivity index is 1.98. The molecule has 0 saturated carbocycles. The van der Waals surface area contributed by atoms with Crippen molar-refractivity contribution in [1.29, 1.82) is 0 Å². The van der Waals surface area contributed by atoms with Gasteiger partial charge in [0.25, 0.3) is 15.9 Å². The van der Waals surface area contributed by atoms with E-state index in [9.17, 15) is 18.3 Å². The summed E-state index contributed by atoms with van der Waals surface area (Å²) < 4.78 is 30.2. The number of aliphatic hydroxyl groups is 1. The van der Waals surface area contributed by atoms with E-state index in [1.54, 1.807) is 12.1 Å². The standard InChI is InChI=1S/C15H18N2O5S/c1-10-3-5-11(6-4-10)12(18)9-17-15(19)13-7-8-14(22-13)23(20,21)16-2/h3-8,12,16,18H,9H2,1-2H3,(H,17,19)/t12-/m0/s1. The molecule has 0 spiro atoms. The average Bonchev–Trinajstić information content (AvgIpc) is 3.04. The maximum absolute atomic E-state index is 11.9. The van der Waals surface area contributed by atoms with Gasteiger partial charge in [0, 0.05) is 6.54 Å². The summed E-state index contributed by atoms with van der Waals surface area (Å²) in [5.74, 6) is -0.747. The van der Waals surface area contributed by atoms with Crippen LogP contribution < -0.4 is 10.0 Å². The third-order valence-corrected chi connectivity index (χ3v) is 4.54. The number of hydrogen-bond donors (Lipinski definition) is 3. The number of rotatable bonds is 6. The normalized spacial score (nSPS) is 12.8. The molecule has 23 heavy (non-hydrogen) atoms. The number of amides is 1. The minimum absolute atomic E-state index is 0.0172. The minimum Gasteiger partial charge on any atom is -0.438 e. The third kappa shape index (κ3) is 4.19. The highest BCUT2D eigenvalue weighted by atomic mass is 32.2. The fourth-order valence-electron chi connectivity index (χ4n) is 1.87. The van der Waals surface area contributed by atoms with Crippen molar-refractivity contribution < 1.29 is 22.7 Å². The maximum Gasteiger partial charge on any atom is 0.287 e. The molecule has 1 aromatic heterocycles. The quantitative estimate of drug-likeness (QED) is 0.727. The van der Waals surface area contributed by atoms with E-state index >= 15 is 0 Å². The molecule has 1 atom stereocenters. The Hall–Kier alpha value is -2.16. The summed E-state index contributed by atoms with van der Waals surface area (Å²) >= 11 is 0. The van der Waals surface area contributed by atoms with Crippen molar-refractivity contribution in [2.24, 2.45) is 0 Å². The predicted molar refractivity (Wildman–Crippen MR) is 83.4 cm³/mol. The number of aryl methyl sites for hydroxylation is 1. The average molecular weight is 338 g/mol. The molecule has 0 unspecified atom stereocenters. The van der Waals surface area contributed by atoms with Crippen LogP contribution in [-0.4, -0.2) is 33.0 Å². The lowest BCUT2D eigenvalue weighted by atomic mass is 10.1. The largest absolute Gasteiger partial charge is 0.438 e. The van der Waals surface area contributed by atoms with E-state index in [1.165, 1.54) is 19.2 Å². The number of carbonyl (C=O) groups is 1. The molecule has 124 valence electrons. The number of hydrogen-bond acceptors (Lipinski definition) is 5. The number of carbonyl (C=O) groups excluding carboxylic acids is 1. The zero-order valence-electron chi connectivity index (χ0n) is 12.7. The highest BCUT2D eigenvalue weighted by Gasteiger charge is 2.20. The van der Waals surface area contributed by atoms with Crippen molar-refractivity contribution in [3.63, 3.8) is 0 Å². The van der Waals surface area contributed by atoms with Gasteiger partial charge in [-0.1, -0.05) is 29.8 Å². The topological polar surface area (TPSA) is 109 Å². The van der Waals surface area contributed by atoms with Crippen LogP contribution in [0.5, 0.6) is 0 Å². The van der Waals surface area contributed by atoms with Crippen LogP contribution >= 0.6 is 0 Å².